The maximum absolute atomic E-state index is 12.5. The van der Waals surface area contributed by atoms with Crippen LogP contribution in [0, 0.1) is 6.92 Å². The monoisotopic (exact) mass is 399 g/mol. The van der Waals surface area contributed by atoms with E-state index in [1.165, 1.54) is 0 Å². The quantitative estimate of drug-likeness (QED) is 0.385. The number of hydrazone groups is 1. The molecule has 1 amide bonds. The van der Waals surface area contributed by atoms with Crippen LogP contribution in [0.15, 0.2) is 78.0 Å². The summed E-state index contributed by atoms with van der Waals surface area (Å²) < 4.78 is 7.22. The molecule has 0 spiro atoms. The van der Waals surface area contributed by atoms with Crippen molar-refractivity contribution in [2.75, 3.05) is 7.11 Å². The minimum atomic E-state index is -0.471. The Morgan fingerprint density at radius 2 is 1.77 bits per heavy atom. The first kappa shape index (κ1) is 19.3. The molecule has 0 fully saturated rings. The van der Waals surface area contributed by atoms with Crippen LogP contribution in [0.2, 0.25) is 0 Å². The summed E-state index contributed by atoms with van der Waals surface area (Å²) in [5.41, 5.74) is 5.53. The molecule has 1 aromatic heterocycles. The van der Waals surface area contributed by atoms with Gasteiger partial charge in [0.15, 0.2) is 0 Å². The van der Waals surface area contributed by atoms with Gasteiger partial charge in [0.2, 0.25) is 0 Å². The number of amides is 1. The van der Waals surface area contributed by atoms with Gasteiger partial charge in [0.25, 0.3) is 5.91 Å². The molecule has 0 saturated carbocycles. The second kappa shape index (κ2) is 8.13. The third-order valence-electron chi connectivity index (χ3n) is 4.87. The maximum Gasteiger partial charge on any atom is 0.275 e. The summed E-state index contributed by atoms with van der Waals surface area (Å²) in [6, 6.07) is 20.5. The van der Waals surface area contributed by atoms with E-state index in [-0.39, 0.29) is 11.3 Å². The van der Waals surface area contributed by atoms with Crippen molar-refractivity contribution in [1.82, 2.24) is 9.99 Å². The van der Waals surface area contributed by atoms with Gasteiger partial charge < -0.3 is 14.4 Å². The van der Waals surface area contributed by atoms with Crippen LogP contribution in [0.3, 0.4) is 0 Å². The van der Waals surface area contributed by atoms with Crippen LogP contribution < -0.4 is 10.2 Å². The predicted octanol–water partition coefficient (Wildman–Crippen LogP) is 4.42. The third kappa shape index (κ3) is 3.89. The fraction of sp³-hybridized carbons (Fsp3) is 0.0833. The van der Waals surface area contributed by atoms with Crippen LogP contribution in [-0.2, 0) is 0 Å². The average molecular weight is 399 g/mol. The lowest BCUT2D eigenvalue weighted by molar-refractivity contribution is 0.0952. The van der Waals surface area contributed by atoms with Crippen LogP contribution in [-0.4, -0.2) is 28.9 Å². The molecule has 4 rings (SSSR count). The fourth-order valence-electron chi connectivity index (χ4n) is 3.33. The Hall–Kier alpha value is -4.06. The first-order valence-electron chi connectivity index (χ1n) is 9.44. The normalized spacial score (nSPS) is 11.1. The number of phenols is 1. The number of carbonyl (C=O) groups excluding carboxylic acids is 1. The van der Waals surface area contributed by atoms with E-state index in [1.54, 1.807) is 25.5 Å². The van der Waals surface area contributed by atoms with Crippen LogP contribution >= 0.6 is 0 Å². The second-order valence-electron chi connectivity index (χ2n) is 6.90. The number of benzene rings is 3. The van der Waals surface area contributed by atoms with Crippen LogP contribution in [0.4, 0.5) is 0 Å². The largest absolute Gasteiger partial charge is 0.507 e. The molecule has 0 saturated heterocycles. The van der Waals surface area contributed by atoms with Crippen molar-refractivity contribution in [3.05, 3.63) is 89.7 Å². The molecule has 6 nitrogen and oxygen atoms in total. The summed E-state index contributed by atoms with van der Waals surface area (Å²) in [5.74, 6) is 0.244. The number of hydrogen-bond acceptors (Lipinski definition) is 4. The molecule has 4 aromatic rings. The van der Waals surface area contributed by atoms with E-state index >= 15 is 0 Å². The molecule has 0 aliphatic heterocycles. The van der Waals surface area contributed by atoms with E-state index in [0.717, 1.165) is 33.5 Å². The van der Waals surface area contributed by atoms with Crippen molar-refractivity contribution < 1.29 is 14.6 Å². The lowest BCUT2D eigenvalue weighted by Crippen LogP contribution is -2.17. The molecular formula is C24H21N3O3. The number of aromatic nitrogens is 1. The summed E-state index contributed by atoms with van der Waals surface area (Å²) in [7, 11) is 1.64. The third-order valence-corrected chi connectivity index (χ3v) is 4.87. The molecule has 0 aliphatic rings. The minimum absolute atomic E-state index is 0.0806. The Kier molecular flexibility index (Phi) is 5.22. The molecule has 0 radical (unpaired) electrons. The van der Waals surface area contributed by atoms with Crippen molar-refractivity contribution in [3.63, 3.8) is 0 Å². The molecule has 0 aliphatic carbocycles. The van der Waals surface area contributed by atoms with Gasteiger partial charge in [0.1, 0.15) is 11.5 Å². The van der Waals surface area contributed by atoms with Crippen molar-refractivity contribution in [2.24, 2.45) is 5.10 Å². The second-order valence-corrected chi connectivity index (χ2v) is 6.90. The lowest BCUT2D eigenvalue weighted by Gasteiger charge is -2.06. The molecule has 2 N–H and O–H groups in total. The number of methoxy groups -OCH3 is 1. The first-order chi connectivity index (χ1) is 14.5. The topological polar surface area (TPSA) is 75.8 Å². The number of phenolic OH excluding ortho intramolecular Hbond substituents is 1. The Labute approximate surface area is 174 Å². The summed E-state index contributed by atoms with van der Waals surface area (Å²) in [4.78, 5) is 12.5. The van der Waals surface area contributed by atoms with E-state index in [2.05, 4.69) is 10.5 Å². The number of carbonyl (C=O) groups is 1. The number of aryl methyl sites for hydroxylation is 1. The summed E-state index contributed by atoms with van der Waals surface area (Å²) in [6.07, 6.45) is 3.50. The molecule has 3 aromatic carbocycles. The molecule has 0 unspecified atom stereocenters. The molecular weight excluding hydrogens is 378 g/mol. The molecule has 30 heavy (non-hydrogen) atoms. The minimum Gasteiger partial charge on any atom is -0.507 e. The van der Waals surface area contributed by atoms with Gasteiger partial charge in [0, 0.05) is 23.1 Å². The van der Waals surface area contributed by atoms with Crippen molar-refractivity contribution in [3.8, 4) is 17.2 Å². The number of rotatable bonds is 5. The van der Waals surface area contributed by atoms with Gasteiger partial charge in [0.05, 0.1) is 18.9 Å². The zero-order valence-electron chi connectivity index (χ0n) is 16.7. The predicted molar refractivity (Wildman–Crippen MR) is 118 cm³/mol. The SMILES string of the molecule is COc1ccc(-n2cc(/C=N\NC(=O)c3cc4ccccc4cc3O)cc2C)cc1. The van der Waals surface area contributed by atoms with Crippen LogP contribution in [0.25, 0.3) is 16.5 Å². The number of aromatic hydroxyl groups is 1. The van der Waals surface area contributed by atoms with Gasteiger partial charge in [-0.15, -0.1) is 0 Å². The van der Waals surface area contributed by atoms with E-state index < -0.39 is 5.91 Å². The lowest BCUT2D eigenvalue weighted by atomic mass is 10.1. The molecule has 0 atom stereocenters. The van der Waals surface area contributed by atoms with Crippen molar-refractivity contribution in [2.45, 2.75) is 6.92 Å². The zero-order valence-corrected chi connectivity index (χ0v) is 16.7. The van der Waals surface area contributed by atoms with Gasteiger partial charge in [-0.3, -0.25) is 4.79 Å². The number of hydrogen-bond donors (Lipinski definition) is 2. The van der Waals surface area contributed by atoms with Gasteiger partial charge in [-0.05, 0) is 60.2 Å². The highest BCUT2D eigenvalue weighted by molar-refractivity contribution is 6.01. The number of nitrogens with zero attached hydrogens (tertiary/aromatic N) is 2. The smallest absolute Gasteiger partial charge is 0.275 e. The first-order valence-corrected chi connectivity index (χ1v) is 9.44. The fourth-order valence-corrected chi connectivity index (χ4v) is 3.33. The number of ether oxygens (including phenoxy) is 1. The molecule has 6 heteroatoms. The maximum atomic E-state index is 12.5. The Morgan fingerprint density at radius 3 is 2.47 bits per heavy atom. The van der Waals surface area contributed by atoms with Gasteiger partial charge in [-0.25, -0.2) is 5.43 Å². The average Bonchev–Trinajstić information content (AvgIpc) is 3.13. The van der Waals surface area contributed by atoms with Crippen LogP contribution in [0.1, 0.15) is 21.6 Å². The Morgan fingerprint density at radius 1 is 1.07 bits per heavy atom. The van der Waals surface area contributed by atoms with E-state index in [9.17, 15) is 9.90 Å². The summed E-state index contributed by atoms with van der Waals surface area (Å²) in [6.45, 7) is 1.99. The van der Waals surface area contributed by atoms with Crippen LogP contribution in [0.5, 0.6) is 11.5 Å². The van der Waals surface area contributed by atoms with E-state index in [4.69, 9.17) is 4.74 Å². The highest BCUT2D eigenvalue weighted by Crippen LogP contribution is 2.25. The Bertz CT molecular complexity index is 1240. The highest BCUT2D eigenvalue weighted by atomic mass is 16.5. The summed E-state index contributed by atoms with van der Waals surface area (Å²) in [5, 5.41) is 16.0. The van der Waals surface area contributed by atoms with E-state index in [0.29, 0.717) is 0 Å². The number of fused-ring (bicyclic) bond motifs is 1. The van der Waals surface area contributed by atoms with Gasteiger partial charge in [-0.1, -0.05) is 24.3 Å². The van der Waals surface area contributed by atoms with Crippen molar-refractivity contribution >= 4 is 22.9 Å². The van der Waals surface area contributed by atoms with Gasteiger partial charge in [-0.2, -0.15) is 5.10 Å². The standard InChI is InChI=1S/C24H21N3O3/c1-16-11-17(15-27(16)20-7-9-21(30-2)10-8-20)14-25-26-24(29)22-12-18-5-3-4-6-19(18)13-23(22)28/h3-15,28H,1-2H3,(H,26,29)/b25-14-. The highest BCUT2D eigenvalue weighted by Gasteiger charge is 2.12. The summed E-state index contributed by atoms with van der Waals surface area (Å²) >= 11 is 0. The zero-order chi connectivity index (χ0) is 21.1. The Balaban J connectivity index is 1.49. The van der Waals surface area contributed by atoms with Crippen molar-refractivity contribution in [1.29, 1.82) is 0 Å². The molecule has 0 bridgehead atoms. The van der Waals surface area contributed by atoms with Gasteiger partial charge >= 0.3 is 0 Å². The number of nitrogens with one attached hydrogen (secondary N) is 1. The van der Waals surface area contributed by atoms with E-state index in [1.807, 2.05) is 72.3 Å². The molecule has 1 heterocycles. The molecule has 150 valence electrons.